The number of hydrogen-bond acceptors (Lipinski definition) is 3. The van der Waals surface area contributed by atoms with Crippen LogP contribution in [0.4, 0.5) is 0 Å². The number of aliphatic carboxylic acids is 1. The molecule has 1 saturated heterocycles. The number of nitrogens with one attached hydrogen (secondary N) is 1. The van der Waals surface area contributed by atoms with Crippen molar-refractivity contribution >= 4 is 11.9 Å². The van der Waals surface area contributed by atoms with Crippen molar-refractivity contribution in [1.29, 1.82) is 0 Å². The zero-order valence-electron chi connectivity index (χ0n) is 9.03. The molecule has 0 spiro atoms. The largest absolute Gasteiger partial charge is 0.480 e. The molecule has 1 amide bonds. The van der Waals surface area contributed by atoms with Gasteiger partial charge in [-0.05, 0) is 19.9 Å². The maximum Gasteiger partial charge on any atom is 0.326 e. The number of hydrogen-bond donors (Lipinski definition) is 2. The van der Waals surface area contributed by atoms with E-state index in [1.165, 1.54) is 4.90 Å². The fraction of sp³-hybridized carbons (Fsp3) is 0.800. The lowest BCUT2D eigenvalue weighted by Gasteiger charge is -2.26. The van der Waals surface area contributed by atoms with Crippen LogP contribution in [0.5, 0.6) is 0 Å². The molecule has 0 aromatic rings. The smallest absolute Gasteiger partial charge is 0.326 e. The third kappa shape index (κ3) is 3.20. The lowest BCUT2D eigenvalue weighted by atomic mass is 10.1. The van der Waals surface area contributed by atoms with Crippen LogP contribution < -0.4 is 5.32 Å². The van der Waals surface area contributed by atoms with Crippen molar-refractivity contribution in [3.8, 4) is 0 Å². The summed E-state index contributed by atoms with van der Waals surface area (Å²) in [5, 5.41) is 11.8. The summed E-state index contributed by atoms with van der Waals surface area (Å²) in [5.41, 5.74) is 0. The first kappa shape index (κ1) is 12.0. The van der Waals surface area contributed by atoms with Crippen LogP contribution in [-0.4, -0.2) is 48.1 Å². The monoisotopic (exact) mass is 214 g/mol. The van der Waals surface area contributed by atoms with Gasteiger partial charge in [-0.3, -0.25) is 4.79 Å². The number of likely N-dealkylation sites (tertiary alicyclic amines) is 1. The minimum Gasteiger partial charge on any atom is -0.480 e. The van der Waals surface area contributed by atoms with Gasteiger partial charge in [-0.15, -0.1) is 0 Å². The second-order valence-electron chi connectivity index (χ2n) is 3.82. The fourth-order valence-corrected chi connectivity index (χ4v) is 1.92. The molecule has 1 rings (SSSR count). The first-order valence-corrected chi connectivity index (χ1v) is 5.33. The summed E-state index contributed by atoms with van der Waals surface area (Å²) in [5.74, 6) is -1.01. The molecular formula is C10H18N2O3. The highest BCUT2D eigenvalue weighted by Gasteiger charge is 2.29. The Morgan fingerprint density at radius 2 is 2.13 bits per heavy atom. The van der Waals surface area contributed by atoms with Gasteiger partial charge in [0.1, 0.15) is 6.04 Å². The summed E-state index contributed by atoms with van der Waals surface area (Å²) in [6, 6.07) is -0.631. The normalized spacial score (nSPS) is 22.2. The summed E-state index contributed by atoms with van der Waals surface area (Å²) >= 11 is 0. The molecule has 0 radical (unpaired) electrons. The number of amides is 1. The molecule has 0 saturated carbocycles. The topological polar surface area (TPSA) is 69.6 Å². The maximum atomic E-state index is 11.7. The van der Waals surface area contributed by atoms with Crippen molar-refractivity contribution in [3.63, 3.8) is 0 Å². The molecule has 1 unspecified atom stereocenters. The van der Waals surface area contributed by atoms with Gasteiger partial charge in [-0.25, -0.2) is 4.79 Å². The molecule has 0 aliphatic carbocycles. The Morgan fingerprint density at radius 3 is 2.73 bits per heavy atom. The molecule has 1 atom stereocenters. The zero-order chi connectivity index (χ0) is 11.3. The third-order valence-corrected chi connectivity index (χ3v) is 2.69. The van der Waals surface area contributed by atoms with E-state index in [1.807, 2.05) is 0 Å². The number of carboxylic acids is 1. The molecule has 1 aliphatic rings. The molecule has 5 heteroatoms. The van der Waals surface area contributed by atoms with Crippen LogP contribution in [0, 0.1) is 0 Å². The highest BCUT2D eigenvalue weighted by Crippen LogP contribution is 2.16. The summed E-state index contributed by atoms with van der Waals surface area (Å²) in [4.78, 5) is 24.2. The number of carbonyl (C=O) groups excluding carboxylic acids is 1. The van der Waals surface area contributed by atoms with Crippen LogP contribution in [0.15, 0.2) is 0 Å². The molecule has 0 bridgehead atoms. The fourth-order valence-electron chi connectivity index (χ4n) is 1.92. The first-order valence-electron chi connectivity index (χ1n) is 5.33. The predicted octanol–water partition coefficient (Wildman–Crippen LogP) is 0.0616. The van der Waals surface area contributed by atoms with Crippen LogP contribution in [-0.2, 0) is 9.59 Å². The van der Waals surface area contributed by atoms with Crippen molar-refractivity contribution in [2.45, 2.75) is 31.7 Å². The highest BCUT2D eigenvalue weighted by molar-refractivity contribution is 5.84. The van der Waals surface area contributed by atoms with E-state index in [-0.39, 0.29) is 12.5 Å². The summed E-state index contributed by atoms with van der Waals surface area (Å²) < 4.78 is 0. The van der Waals surface area contributed by atoms with Crippen LogP contribution >= 0.6 is 0 Å². The molecule has 1 fully saturated rings. The van der Waals surface area contributed by atoms with E-state index in [4.69, 9.17) is 5.11 Å². The Bertz CT molecular complexity index is 243. The molecular weight excluding hydrogens is 196 g/mol. The van der Waals surface area contributed by atoms with Gasteiger partial charge >= 0.3 is 5.97 Å². The number of carbonyl (C=O) groups is 2. The summed E-state index contributed by atoms with van der Waals surface area (Å²) in [6.45, 7) is 0.779. The molecule has 1 heterocycles. The van der Waals surface area contributed by atoms with Gasteiger partial charge < -0.3 is 15.3 Å². The lowest BCUT2D eigenvalue weighted by Crippen LogP contribution is -2.47. The second-order valence-corrected chi connectivity index (χ2v) is 3.82. The van der Waals surface area contributed by atoms with E-state index in [0.717, 1.165) is 19.3 Å². The van der Waals surface area contributed by atoms with Gasteiger partial charge in [-0.1, -0.05) is 12.8 Å². The van der Waals surface area contributed by atoms with E-state index in [9.17, 15) is 9.59 Å². The van der Waals surface area contributed by atoms with Gasteiger partial charge in [0.05, 0.1) is 6.54 Å². The van der Waals surface area contributed by atoms with Crippen molar-refractivity contribution in [3.05, 3.63) is 0 Å². The molecule has 5 nitrogen and oxygen atoms in total. The van der Waals surface area contributed by atoms with E-state index >= 15 is 0 Å². The molecule has 15 heavy (non-hydrogen) atoms. The SMILES string of the molecule is CNCC(=O)N1CCCCCC1C(=O)O. The number of rotatable bonds is 3. The van der Waals surface area contributed by atoms with Crippen molar-refractivity contribution < 1.29 is 14.7 Å². The average Bonchev–Trinajstić information content (AvgIpc) is 2.42. The molecule has 86 valence electrons. The summed E-state index contributed by atoms with van der Waals surface area (Å²) in [7, 11) is 1.69. The standard InChI is InChI=1S/C10H18N2O3/c1-11-7-9(13)12-6-4-2-3-5-8(12)10(14)15/h8,11H,2-7H2,1H3,(H,14,15). The van der Waals surface area contributed by atoms with Gasteiger partial charge in [-0.2, -0.15) is 0 Å². The maximum absolute atomic E-state index is 11.7. The Balaban J connectivity index is 2.69. The third-order valence-electron chi connectivity index (χ3n) is 2.69. The average molecular weight is 214 g/mol. The quantitative estimate of drug-likeness (QED) is 0.697. The molecule has 0 aromatic heterocycles. The van der Waals surface area contributed by atoms with E-state index in [2.05, 4.69) is 5.32 Å². The Hall–Kier alpha value is -1.10. The van der Waals surface area contributed by atoms with Crippen molar-refractivity contribution in [1.82, 2.24) is 10.2 Å². The minimum absolute atomic E-state index is 0.119. The van der Waals surface area contributed by atoms with Crippen LogP contribution in [0.1, 0.15) is 25.7 Å². The van der Waals surface area contributed by atoms with E-state index in [1.54, 1.807) is 7.05 Å². The van der Waals surface area contributed by atoms with Crippen LogP contribution in [0.2, 0.25) is 0 Å². The number of likely N-dealkylation sites (N-methyl/N-ethyl adjacent to an activating group) is 1. The van der Waals surface area contributed by atoms with E-state index < -0.39 is 12.0 Å². The first-order chi connectivity index (χ1) is 7.16. The van der Waals surface area contributed by atoms with E-state index in [0.29, 0.717) is 13.0 Å². The lowest BCUT2D eigenvalue weighted by molar-refractivity contribution is -0.149. The Morgan fingerprint density at radius 1 is 1.40 bits per heavy atom. The predicted molar refractivity (Wildman–Crippen MR) is 55.5 cm³/mol. The summed E-state index contributed by atoms with van der Waals surface area (Å²) in [6.07, 6.45) is 3.37. The van der Waals surface area contributed by atoms with Gasteiger partial charge in [0.2, 0.25) is 5.91 Å². The van der Waals surface area contributed by atoms with Crippen LogP contribution in [0.3, 0.4) is 0 Å². The van der Waals surface area contributed by atoms with Crippen molar-refractivity contribution in [2.24, 2.45) is 0 Å². The Labute approximate surface area is 89.4 Å². The minimum atomic E-state index is -0.888. The van der Waals surface area contributed by atoms with Gasteiger partial charge in [0, 0.05) is 6.54 Å². The number of carboxylic acid groups (broad SMARTS) is 1. The Kier molecular flexibility index (Phi) is 4.55. The molecule has 1 aliphatic heterocycles. The zero-order valence-corrected chi connectivity index (χ0v) is 9.03. The molecule has 2 N–H and O–H groups in total. The van der Waals surface area contributed by atoms with Crippen molar-refractivity contribution in [2.75, 3.05) is 20.1 Å². The van der Waals surface area contributed by atoms with Crippen LogP contribution in [0.25, 0.3) is 0 Å². The number of nitrogens with zero attached hydrogens (tertiary/aromatic N) is 1. The van der Waals surface area contributed by atoms with Gasteiger partial charge in [0.15, 0.2) is 0 Å². The van der Waals surface area contributed by atoms with Gasteiger partial charge in [0.25, 0.3) is 0 Å². The second kappa shape index (κ2) is 5.70. The highest BCUT2D eigenvalue weighted by atomic mass is 16.4. The molecule has 0 aromatic carbocycles.